The Morgan fingerprint density at radius 1 is 1.16 bits per heavy atom. The van der Waals surface area contributed by atoms with Gasteiger partial charge in [0.2, 0.25) is 5.91 Å². The first-order chi connectivity index (χ1) is 17.8. The summed E-state index contributed by atoms with van der Waals surface area (Å²) in [5.74, 6) is 1.06. The number of ether oxygens (including phenoxy) is 1. The van der Waals surface area contributed by atoms with E-state index in [0.717, 1.165) is 43.7 Å². The first-order valence-corrected chi connectivity index (χ1v) is 14.2. The molecule has 2 saturated heterocycles. The molecule has 0 radical (unpaired) electrons. The Bertz CT molecular complexity index is 1470. The molecule has 196 valence electrons. The van der Waals surface area contributed by atoms with E-state index in [4.69, 9.17) is 4.74 Å². The molecule has 2 N–H and O–H groups in total. The Kier molecular flexibility index (Phi) is 6.33. The molecule has 0 aliphatic carbocycles. The monoisotopic (exact) mass is 520 g/mol. The number of morpholine rings is 1. The average molecular weight is 521 g/mol. The molecule has 6 heterocycles. The predicted octanol–water partition coefficient (Wildman–Crippen LogP) is 4.68. The maximum absolute atomic E-state index is 12.9. The summed E-state index contributed by atoms with van der Waals surface area (Å²) in [5, 5.41) is 9.10. The fourth-order valence-electron chi connectivity index (χ4n) is 6.19. The molecular weight excluding hydrogens is 484 g/mol. The van der Waals surface area contributed by atoms with E-state index in [9.17, 15) is 4.79 Å². The second kappa shape index (κ2) is 9.53. The van der Waals surface area contributed by atoms with Crippen molar-refractivity contribution in [1.29, 1.82) is 0 Å². The molecule has 0 spiro atoms. The predicted molar refractivity (Wildman–Crippen MR) is 148 cm³/mol. The number of nitrogens with zero attached hydrogens (tertiary/aromatic N) is 4. The molecule has 9 heteroatoms. The summed E-state index contributed by atoms with van der Waals surface area (Å²) in [6, 6.07) is -0.192. The summed E-state index contributed by atoms with van der Waals surface area (Å²) in [6.45, 7) is 14.7. The maximum Gasteiger partial charge on any atom is 0.242 e. The van der Waals surface area contributed by atoms with Gasteiger partial charge < -0.3 is 19.9 Å². The number of carbonyl (C=O) groups is 1. The number of hydrogen-bond acceptors (Lipinski definition) is 6. The second-order valence-corrected chi connectivity index (χ2v) is 11.9. The molecule has 0 bridgehead atoms. The molecule has 8 nitrogen and oxygen atoms in total. The molecule has 4 aromatic heterocycles. The van der Waals surface area contributed by atoms with E-state index in [1.165, 1.54) is 43.0 Å². The van der Waals surface area contributed by atoms with Crippen LogP contribution in [0.4, 0.5) is 0 Å². The zero-order valence-electron chi connectivity index (χ0n) is 22.4. The van der Waals surface area contributed by atoms with Gasteiger partial charge in [-0.05, 0) is 67.7 Å². The molecular formula is C28H36N6O2S. The van der Waals surface area contributed by atoms with Gasteiger partial charge in [0.05, 0.1) is 18.9 Å². The number of H-pyrrole nitrogens is 1. The molecule has 4 aromatic rings. The van der Waals surface area contributed by atoms with Gasteiger partial charge in [0, 0.05) is 41.7 Å². The number of pyridine rings is 1. The van der Waals surface area contributed by atoms with Crippen LogP contribution < -0.4 is 5.32 Å². The van der Waals surface area contributed by atoms with Gasteiger partial charge in [-0.15, -0.1) is 11.3 Å². The van der Waals surface area contributed by atoms with Crippen LogP contribution in [0.3, 0.4) is 0 Å². The van der Waals surface area contributed by atoms with Crippen LogP contribution in [0.5, 0.6) is 0 Å². The SMILES string of the molecule is Cc1c(-c2[nH]c3sc(C4CCN(C(=O)[C@@H]5COCCN5)CC4)c(C)c3c2C(C)C)cn2ncnc2c1C. The highest BCUT2D eigenvalue weighted by Gasteiger charge is 2.32. The molecule has 2 aliphatic rings. The Labute approximate surface area is 221 Å². The van der Waals surface area contributed by atoms with Crippen LogP contribution in [0.1, 0.15) is 65.7 Å². The quantitative estimate of drug-likeness (QED) is 0.408. The van der Waals surface area contributed by atoms with Crippen molar-refractivity contribution >= 4 is 33.1 Å². The van der Waals surface area contributed by atoms with Crippen molar-refractivity contribution in [2.45, 2.75) is 65.3 Å². The van der Waals surface area contributed by atoms with Gasteiger partial charge in [0.1, 0.15) is 17.2 Å². The number of thiophene rings is 1. The number of hydrogen-bond donors (Lipinski definition) is 2. The first kappa shape index (κ1) is 24.6. The molecule has 0 unspecified atom stereocenters. The molecule has 37 heavy (non-hydrogen) atoms. The lowest BCUT2D eigenvalue weighted by Crippen LogP contribution is -2.53. The number of carbonyl (C=O) groups excluding carboxylic acids is 1. The number of fused-ring (bicyclic) bond motifs is 2. The first-order valence-electron chi connectivity index (χ1n) is 13.4. The molecule has 0 saturated carbocycles. The van der Waals surface area contributed by atoms with Gasteiger partial charge in [-0.1, -0.05) is 13.8 Å². The topological polar surface area (TPSA) is 87.5 Å². The van der Waals surface area contributed by atoms with Crippen LogP contribution >= 0.6 is 11.3 Å². The normalized spacial score (nSPS) is 19.5. The minimum Gasteiger partial charge on any atom is -0.378 e. The lowest BCUT2D eigenvalue weighted by molar-refractivity contribution is -0.137. The second-order valence-electron chi connectivity index (χ2n) is 10.9. The summed E-state index contributed by atoms with van der Waals surface area (Å²) in [7, 11) is 0. The van der Waals surface area contributed by atoms with Gasteiger partial charge in [-0.2, -0.15) is 5.10 Å². The third-order valence-electron chi connectivity index (χ3n) is 8.33. The smallest absolute Gasteiger partial charge is 0.242 e. The Balaban J connectivity index is 1.31. The molecule has 1 atom stereocenters. The molecule has 2 aliphatic heterocycles. The fourth-order valence-corrected chi connectivity index (χ4v) is 7.58. The summed E-state index contributed by atoms with van der Waals surface area (Å²) in [4.78, 5) is 26.0. The van der Waals surface area contributed by atoms with Crippen LogP contribution in [-0.4, -0.2) is 69.3 Å². The van der Waals surface area contributed by atoms with E-state index < -0.39 is 0 Å². The zero-order chi connectivity index (χ0) is 25.8. The van der Waals surface area contributed by atoms with E-state index >= 15 is 0 Å². The van der Waals surface area contributed by atoms with E-state index in [1.54, 1.807) is 6.33 Å². The number of aromatic amines is 1. The molecule has 1 amide bonds. The highest BCUT2D eigenvalue weighted by Crippen LogP contribution is 2.46. The van der Waals surface area contributed by atoms with Crippen molar-refractivity contribution in [3.05, 3.63) is 39.7 Å². The van der Waals surface area contributed by atoms with Gasteiger partial charge >= 0.3 is 0 Å². The van der Waals surface area contributed by atoms with Gasteiger partial charge in [-0.25, -0.2) is 9.50 Å². The summed E-state index contributed by atoms with van der Waals surface area (Å²) >= 11 is 1.90. The number of aryl methyl sites for hydroxylation is 2. The van der Waals surface area contributed by atoms with Crippen molar-refractivity contribution in [2.24, 2.45) is 0 Å². The van der Waals surface area contributed by atoms with Crippen molar-refractivity contribution in [3.8, 4) is 11.3 Å². The summed E-state index contributed by atoms with van der Waals surface area (Å²) in [6.07, 6.45) is 5.75. The highest BCUT2D eigenvalue weighted by molar-refractivity contribution is 7.19. The van der Waals surface area contributed by atoms with Gasteiger partial charge in [-0.3, -0.25) is 4.79 Å². The van der Waals surface area contributed by atoms with Crippen molar-refractivity contribution < 1.29 is 9.53 Å². The van der Waals surface area contributed by atoms with E-state index in [-0.39, 0.29) is 11.9 Å². The molecule has 6 rings (SSSR count). The Hall–Kier alpha value is -2.75. The van der Waals surface area contributed by atoms with Crippen molar-refractivity contribution in [3.63, 3.8) is 0 Å². The minimum atomic E-state index is -0.192. The largest absolute Gasteiger partial charge is 0.378 e. The maximum atomic E-state index is 12.9. The van der Waals surface area contributed by atoms with E-state index in [2.05, 4.69) is 61.2 Å². The number of likely N-dealkylation sites (tertiary alicyclic amines) is 1. The van der Waals surface area contributed by atoms with Crippen molar-refractivity contribution in [2.75, 3.05) is 32.8 Å². The van der Waals surface area contributed by atoms with Gasteiger partial charge in [0.15, 0.2) is 5.65 Å². The molecule has 2 fully saturated rings. The lowest BCUT2D eigenvalue weighted by Gasteiger charge is -2.35. The van der Waals surface area contributed by atoms with E-state index in [1.807, 2.05) is 20.8 Å². The Morgan fingerprint density at radius 3 is 2.65 bits per heavy atom. The van der Waals surface area contributed by atoms with Crippen LogP contribution in [0.15, 0.2) is 12.5 Å². The van der Waals surface area contributed by atoms with Crippen LogP contribution in [0.2, 0.25) is 0 Å². The summed E-state index contributed by atoms with van der Waals surface area (Å²) in [5.41, 5.74) is 8.49. The highest BCUT2D eigenvalue weighted by atomic mass is 32.1. The average Bonchev–Trinajstić information content (AvgIpc) is 3.61. The zero-order valence-corrected chi connectivity index (χ0v) is 23.2. The third-order valence-corrected chi connectivity index (χ3v) is 9.70. The van der Waals surface area contributed by atoms with Crippen LogP contribution in [-0.2, 0) is 9.53 Å². The van der Waals surface area contributed by atoms with Crippen molar-refractivity contribution in [1.82, 2.24) is 29.8 Å². The Morgan fingerprint density at radius 2 is 1.95 bits per heavy atom. The third kappa shape index (κ3) is 4.08. The number of amides is 1. The summed E-state index contributed by atoms with van der Waals surface area (Å²) < 4.78 is 7.40. The number of aromatic nitrogens is 4. The number of piperidine rings is 1. The van der Waals surface area contributed by atoms with Crippen LogP contribution in [0.25, 0.3) is 27.1 Å². The number of nitrogens with one attached hydrogen (secondary N) is 2. The van der Waals surface area contributed by atoms with Gasteiger partial charge in [0.25, 0.3) is 0 Å². The number of rotatable bonds is 4. The lowest BCUT2D eigenvalue weighted by atomic mass is 9.89. The standard InChI is InChI=1S/C28H36N6O2S/c1-15(2)22-23-18(5)25(19-6-9-33(10-7-19)28(35)21-13-36-11-8-29-21)37-27(23)32-24(22)20-12-34-26(30-14-31-34)17(4)16(20)3/h12,14-15,19,21,29,32H,6-11,13H2,1-5H3/t21-/m0/s1. The van der Waals surface area contributed by atoms with Crippen LogP contribution in [0, 0.1) is 20.8 Å². The minimum absolute atomic E-state index is 0.190. The fraction of sp³-hybridized carbons (Fsp3) is 0.536. The molecule has 0 aromatic carbocycles. The van der Waals surface area contributed by atoms with E-state index in [0.29, 0.717) is 25.0 Å².